The van der Waals surface area contributed by atoms with Gasteiger partial charge in [0.1, 0.15) is 0 Å². The third kappa shape index (κ3) is 3.06. The van der Waals surface area contributed by atoms with Crippen LogP contribution in [0, 0.1) is 0 Å². The number of aromatic nitrogens is 3. The molecular formula is C18H19N5O2. The number of amides is 1. The highest BCUT2D eigenvalue weighted by Gasteiger charge is 2.18. The van der Waals surface area contributed by atoms with Gasteiger partial charge in [-0.3, -0.25) is 9.20 Å². The van der Waals surface area contributed by atoms with Crippen LogP contribution in [-0.2, 0) is 9.53 Å². The first-order valence-electron chi connectivity index (χ1n) is 8.25. The number of nitrogens with zero attached hydrogens (tertiary/aromatic N) is 4. The summed E-state index contributed by atoms with van der Waals surface area (Å²) in [4.78, 5) is 22.6. The lowest BCUT2D eigenvalue weighted by atomic mass is 10.1. The molecule has 128 valence electrons. The zero-order chi connectivity index (χ0) is 17.2. The molecule has 1 saturated heterocycles. The molecule has 1 aliphatic heterocycles. The monoisotopic (exact) mass is 337 g/mol. The standard InChI is InChI=1S/C18H19N5O2/c1-13(24)21-15-4-2-3-14(11-15)16-12-20-18-17(19-5-6-23(16)18)22-7-9-25-10-8-22/h2-6,11-12H,7-10H2,1H3,(H,21,24). The molecule has 7 nitrogen and oxygen atoms in total. The van der Waals surface area contributed by atoms with Gasteiger partial charge in [-0.25, -0.2) is 9.97 Å². The van der Waals surface area contributed by atoms with Gasteiger partial charge in [0.15, 0.2) is 11.5 Å². The minimum atomic E-state index is -0.0888. The number of imidazole rings is 1. The molecule has 1 amide bonds. The van der Waals surface area contributed by atoms with Gasteiger partial charge in [-0.05, 0) is 12.1 Å². The fraction of sp³-hybridized carbons (Fsp3) is 0.278. The van der Waals surface area contributed by atoms with Gasteiger partial charge in [-0.15, -0.1) is 0 Å². The summed E-state index contributed by atoms with van der Waals surface area (Å²) in [6.07, 6.45) is 5.54. The number of hydrogen-bond donors (Lipinski definition) is 1. The molecule has 1 aromatic carbocycles. The molecule has 1 N–H and O–H groups in total. The Kier molecular flexibility index (Phi) is 4.07. The van der Waals surface area contributed by atoms with E-state index < -0.39 is 0 Å². The fourth-order valence-electron chi connectivity index (χ4n) is 3.08. The number of carbonyl (C=O) groups excluding carboxylic acids is 1. The van der Waals surface area contributed by atoms with E-state index in [1.807, 2.05) is 41.1 Å². The fourth-order valence-corrected chi connectivity index (χ4v) is 3.08. The average molecular weight is 337 g/mol. The summed E-state index contributed by atoms with van der Waals surface area (Å²) in [5.41, 5.74) is 3.53. The molecule has 25 heavy (non-hydrogen) atoms. The van der Waals surface area contributed by atoms with Gasteiger partial charge in [-0.2, -0.15) is 0 Å². The highest BCUT2D eigenvalue weighted by Crippen LogP contribution is 2.27. The Labute approximate surface area is 145 Å². The van der Waals surface area contributed by atoms with E-state index in [1.165, 1.54) is 6.92 Å². The minimum Gasteiger partial charge on any atom is -0.378 e. The Morgan fingerprint density at radius 1 is 1.24 bits per heavy atom. The van der Waals surface area contributed by atoms with E-state index in [9.17, 15) is 4.79 Å². The van der Waals surface area contributed by atoms with E-state index in [-0.39, 0.29) is 5.91 Å². The topological polar surface area (TPSA) is 71.8 Å². The molecule has 2 aromatic heterocycles. The van der Waals surface area contributed by atoms with E-state index in [4.69, 9.17) is 4.74 Å². The summed E-state index contributed by atoms with van der Waals surface area (Å²) in [6, 6.07) is 7.74. The quantitative estimate of drug-likeness (QED) is 0.793. The van der Waals surface area contributed by atoms with Crippen LogP contribution in [0.2, 0.25) is 0 Å². The molecule has 0 saturated carbocycles. The van der Waals surface area contributed by atoms with Crippen molar-refractivity contribution in [2.45, 2.75) is 6.92 Å². The van der Waals surface area contributed by atoms with Crippen molar-refractivity contribution in [3.05, 3.63) is 42.9 Å². The summed E-state index contributed by atoms with van der Waals surface area (Å²) in [5.74, 6) is 0.782. The molecule has 3 heterocycles. The number of ether oxygens (including phenoxy) is 1. The van der Waals surface area contributed by atoms with Gasteiger partial charge in [0.2, 0.25) is 5.91 Å². The van der Waals surface area contributed by atoms with Crippen molar-refractivity contribution < 1.29 is 9.53 Å². The molecular weight excluding hydrogens is 318 g/mol. The lowest BCUT2D eigenvalue weighted by Gasteiger charge is -2.27. The zero-order valence-electron chi connectivity index (χ0n) is 14.0. The lowest BCUT2D eigenvalue weighted by Crippen LogP contribution is -2.37. The van der Waals surface area contributed by atoms with E-state index in [2.05, 4.69) is 20.2 Å². The highest BCUT2D eigenvalue weighted by atomic mass is 16.5. The zero-order valence-corrected chi connectivity index (χ0v) is 14.0. The number of morpholine rings is 1. The van der Waals surface area contributed by atoms with Crippen LogP contribution in [0.4, 0.5) is 11.5 Å². The molecule has 1 aliphatic rings. The van der Waals surface area contributed by atoms with E-state index in [0.717, 1.165) is 41.5 Å². The number of carbonyl (C=O) groups is 1. The predicted octanol–water partition coefficient (Wildman–Crippen LogP) is 2.19. The maximum Gasteiger partial charge on any atom is 0.221 e. The van der Waals surface area contributed by atoms with Crippen LogP contribution in [0.3, 0.4) is 0 Å². The van der Waals surface area contributed by atoms with Crippen LogP contribution in [0.1, 0.15) is 6.92 Å². The van der Waals surface area contributed by atoms with Gasteiger partial charge in [0.25, 0.3) is 0 Å². The van der Waals surface area contributed by atoms with Crippen LogP contribution in [0.15, 0.2) is 42.9 Å². The maximum absolute atomic E-state index is 11.3. The Hall–Kier alpha value is -2.93. The summed E-state index contributed by atoms with van der Waals surface area (Å²) >= 11 is 0. The number of fused-ring (bicyclic) bond motifs is 1. The van der Waals surface area contributed by atoms with Crippen molar-refractivity contribution in [1.29, 1.82) is 0 Å². The van der Waals surface area contributed by atoms with E-state index in [0.29, 0.717) is 13.2 Å². The predicted molar refractivity (Wildman–Crippen MR) is 95.8 cm³/mol. The SMILES string of the molecule is CC(=O)Nc1cccc(-c2cnc3c(N4CCOCC4)nccn23)c1. The third-order valence-corrected chi connectivity index (χ3v) is 4.20. The number of nitrogens with one attached hydrogen (secondary N) is 1. The minimum absolute atomic E-state index is 0.0888. The average Bonchev–Trinajstić information content (AvgIpc) is 3.06. The molecule has 1 fully saturated rings. The normalized spacial score (nSPS) is 14.7. The van der Waals surface area contributed by atoms with Crippen LogP contribution < -0.4 is 10.2 Å². The smallest absolute Gasteiger partial charge is 0.221 e. The molecule has 0 aliphatic carbocycles. The van der Waals surface area contributed by atoms with Crippen LogP contribution in [0.5, 0.6) is 0 Å². The Morgan fingerprint density at radius 3 is 2.88 bits per heavy atom. The summed E-state index contributed by atoms with van der Waals surface area (Å²) in [7, 11) is 0. The first-order valence-corrected chi connectivity index (χ1v) is 8.25. The number of hydrogen-bond acceptors (Lipinski definition) is 5. The highest BCUT2D eigenvalue weighted by molar-refractivity contribution is 5.89. The molecule has 7 heteroatoms. The number of benzene rings is 1. The van der Waals surface area contributed by atoms with Crippen molar-refractivity contribution in [3.63, 3.8) is 0 Å². The molecule has 0 radical (unpaired) electrons. The largest absolute Gasteiger partial charge is 0.378 e. The molecule has 0 spiro atoms. The second-order valence-electron chi connectivity index (χ2n) is 5.95. The Bertz CT molecular complexity index is 915. The summed E-state index contributed by atoms with van der Waals surface area (Å²) in [5, 5.41) is 2.82. The van der Waals surface area contributed by atoms with Crippen molar-refractivity contribution in [3.8, 4) is 11.3 Å². The van der Waals surface area contributed by atoms with Crippen molar-refractivity contribution in [2.24, 2.45) is 0 Å². The summed E-state index contributed by atoms with van der Waals surface area (Å²) < 4.78 is 7.45. The Morgan fingerprint density at radius 2 is 2.08 bits per heavy atom. The van der Waals surface area contributed by atoms with Crippen LogP contribution in [0.25, 0.3) is 16.9 Å². The van der Waals surface area contributed by atoms with Gasteiger partial charge in [0, 0.05) is 43.7 Å². The first kappa shape index (κ1) is 15.6. The number of rotatable bonds is 3. The van der Waals surface area contributed by atoms with Gasteiger partial charge >= 0.3 is 0 Å². The number of anilines is 2. The molecule has 0 atom stereocenters. The van der Waals surface area contributed by atoms with Crippen LogP contribution in [-0.4, -0.2) is 46.6 Å². The van der Waals surface area contributed by atoms with Crippen LogP contribution >= 0.6 is 0 Å². The Balaban J connectivity index is 1.75. The second kappa shape index (κ2) is 6.52. The third-order valence-electron chi connectivity index (χ3n) is 4.20. The molecule has 4 rings (SSSR count). The van der Waals surface area contributed by atoms with E-state index >= 15 is 0 Å². The van der Waals surface area contributed by atoms with Gasteiger partial charge < -0.3 is 15.0 Å². The lowest BCUT2D eigenvalue weighted by molar-refractivity contribution is -0.114. The van der Waals surface area contributed by atoms with E-state index in [1.54, 1.807) is 6.20 Å². The van der Waals surface area contributed by atoms with Crippen molar-refractivity contribution in [2.75, 3.05) is 36.5 Å². The second-order valence-corrected chi connectivity index (χ2v) is 5.95. The molecule has 0 bridgehead atoms. The van der Waals surface area contributed by atoms with Crippen molar-refractivity contribution in [1.82, 2.24) is 14.4 Å². The molecule has 3 aromatic rings. The van der Waals surface area contributed by atoms with Crippen molar-refractivity contribution >= 4 is 23.1 Å². The molecule has 0 unspecified atom stereocenters. The summed E-state index contributed by atoms with van der Waals surface area (Å²) in [6.45, 7) is 4.53. The maximum atomic E-state index is 11.3. The van der Waals surface area contributed by atoms with Gasteiger partial charge in [-0.1, -0.05) is 12.1 Å². The van der Waals surface area contributed by atoms with Gasteiger partial charge in [0.05, 0.1) is 25.1 Å². The first-order chi connectivity index (χ1) is 12.2.